The average Bonchev–Trinajstić information content (AvgIpc) is 2.78. The van der Waals surface area contributed by atoms with E-state index in [-0.39, 0.29) is 5.82 Å². The van der Waals surface area contributed by atoms with Gasteiger partial charge in [0.1, 0.15) is 5.82 Å². The van der Waals surface area contributed by atoms with Crippen LogP contribution in [0.5, 0.6) is 0 Å². The summed E-state index contributed by atoms with van der Waals surface area (Å²) in [7, 11) is 0. The van der Waals surface area contributed by atoms with Crippen LogP contribution in [0.3, 0.4) is 0 Å². The maximum atomic E-state index is 13.2. The number of rotatable bonds is 4. The number of amides is 1. The maximum Gasteiger partial charge on any atom is 0.251 e. The Morgan fingerprint density at radius 2 is 2.17 bits per heavy atom. The van der Waals surface area contributed by atoms with Gasteiger partial charge < -0.3 is 11.5 Å². The van der Waals surface area contributed by atoms with Gasteiger partial charge in [-0.2, -0.15) is 5.10 Å². The number of carbonyl (C=O) groups is 1. The molecule has 0 aliphatic carbocycles. The van der Waals surface area contributed by atoms with Crippen molar-refractivity contribution in [3.8, 4) is 0 Å². The lowest BCUT2D eigenvalue weighted by atomic mass is 10.1. The molecule has 18 heavy (non-hydrogen) atoms. The second-order valence-corrected chi connectivity index (χ2v) is 3.91. The number of primary amides is 1. The second kappa shape index (κ2) is 4.97. The summed E-state index contributed by atoms with van der Waals surface area (Å²) in [6.45, 7) is 0.664. The first kappa shape index (κ1) is 12.3. The van der Waals surface area contributed by atoms with Crippen LogP contribution in [0.4, 0.5) is 4.39 Å². The fraction of sp³-hybridized carbons (Fsp3) is 0.167. The van der Waals surface area contributed by atoms with Gasteiger partial charge in [0, 0.05) is 12.7 Å². The molecular formula is C12H13FN4O. The van der Waals surface area contributed by atoms with E-state index in [0.717, 1.165) is 11.1 Å². The van der Waals surface area contributed by atoms with Crippen LogP contribution < -0.4 is 11.5 Å². The number of halogens is 1. The van der Waals surface area contributed by atoms with E-state index in [1.54, 1.807) is 6.07 Å². The molecule has 0 unspecified atom stereocenters. The molecule has 0 radical (unpaired) electrons. The molecule has 0 aliphatic heterocycles. The third kappa shape index (κ3) is 2.54. The average molecular weight is 248 g/mol. The standard InChI is InChI=1S/C12H13FN4O/c13-11-2-1-8(4-14)9(3-11)6-17-7-10(5-16-17)12(15)18/h1-3,5,7H,4,6,14H2,(H2,15,18). The van der Waals surface area contributed by atoms with E-state index in [2.05, 4.69) is 5.10 Å². The first-order chi connectivity index (χ1) is 8.60. The Labute approximate surface area is 103 Å². The van der Waals surface area contributed by atoms with Crippen LogP contribution in [0.2, 0.25) is 0 Å². The highest BCUT2D eigenvalue weighted by Crippen LogP contribution is 2.12. The van der Waals surface area contributed by atoms with Crippen molar-refractivity contribution < 1.29 is 9.18 Å². The molecule has 6 heteroatoms. The Morgan fingerprint density at radius 3 is 2.78 bits per heavy atom. The SMILES string of the molecule is NCc1ccc(F)cc1Cn1cc(C(N)=O)cn1. The molecule has 0 bridgehead atoms. The fourth-order valence-corrected chi connectivity index (χ4v) is 1.69. The summed E-state index contributed by atoms with van der Waals surface area (Å²) in [6.07, 6.45) is 2.90. The summed E-state index contributed by atoms with van der Waals surface area (Å²) in [5, 5.41) is 3.99. The zero-order valence-corrected chi connectivity index (χ0v) is 9.64. The fourth-order valence-electron chi connectivity index (χ4n) is 1.69. The van der Waals surface area contributed by atoms with E-state index < -0.39 is 5.91 Å². The van der Waals surface area contributed by atoms with Crippen molar-refractivity contribution in [3.63, 3.8) is 0 Å². The van der Waals surface area contributed by atoms with E-state index >= 15 is 0 Å². The van der Waals surface area contributed by atoms with Crippen LogP contribution in [-0.2, 0) is 13.1 Å². The number of hydrogen-bond acceptors (Lipinski definition) is 3. The van der Waals surface area contributed by atoms with Crippen molar-refractivity contribution in [3.05, 3.63) is 53.1 Å². The van der Waals surface area contributed by atoms with Crippen molar-refractivity contribution >= 4 is 5.91 Å². The highest BCUT2D eigenvalue weighted by atomic mass is 19.1. The van der Waals surface area contributed by atoms with Gasteiger partial charge in [-0.25, -0.2) is 4.39 Å². The molecule has 1 aromatic heterocycles. The number of nitrogens with two attached hydrogens (primary N) is 2. The lowest BCUT2D eigenvalue weighted by Gasteiger charge is -2.08. The zero-order chi connectivity index (χ0) is 13.1. The quantitative estimate of drug-likeness (QED) is 0.831. The molecule has 4 N–H and O–H groups in total. The first-order valence-corrected chi connectivity index (χ1v) is 5.40. The van der Waals surface area contributed by atoms with Gasteiger partial charge in [0.2, 0.25) is 0 Å². The van der Waals surface area contributed by atoms with Crippen LogP contribution in [0, 0.1) is 5.82 Å². The Morgan fingerprint density at radius 1 is 1.39 bits per heavy atom. The van der Waals surface area contributed by atoms with Gasteiger partial charge in [0.15, 0.2) is 0 Å². The van der Waals surface area contributed by atoms with Gasteiger partial charge in [0.05, 0.1) is 18.3 Å². The monoisotopic (exact) mass is 248 g/mol. The maximum absolute atomic E-state index is 13.2. The Kier molecular flexibility index (Phi) is 3.38. The number of benzene rings is 1. The summed E-state index contributed by atoms with van der Waals surface area (Å²) in [4.78, 5) is 10.9. The smallest absolute Gasteiger partial charge is 0.251 e. The molecule has 2 rings (SSSR count). The normalized spacial score (nSPS) is 10.6. The molecule has 0 atom stereocenters. The molecule has 0 saturated carbocycles. The molecule has 1 heterocycles. The molecule has 94 valence electrons. The largest absolute Gasteiger partial charge is 0.366 e. The van der Waals surface area contributed by atoms with Crippen molar-refractivity contribution in [2.45, 2.75) is 13.1 Å². The van der Waals surface area contributed by atoms with Gasteiger partial charge >= 0.3 is 0 Å². The number of hydrogen-bond donors (Lipinski definition) is 2. The minimum absolute atomic E-state index is 0.319. The number of carbonyl (C=O) groups excluding carboxylic acids is 1. The minimum Gasteiger partial charge on any atom is -0.366 e. The predicted molar refractivity (Wildman–Crippen MR) is 64.1 cm³/mol. The molecule has 0 fully saturated rings. The highest BCUT2D eigenvalue weighted by Gasteiger charge is 2.07. The van der Waals surface area contributed by atoms with E-state index in [9.17, 15) is 9.18 Å². The van der Waals surface area contributed by atoms with E-state index in [1.807, 2.05) is 0 Å². The molecule has 1 amide bonds. The zero-order valence-electron chi connectivity index (χ0n) is 9.64. The van der Waals surface area contributed by atoms with Crippen LogP contribution in [-0.4, -0.2) is 15.7 Å². The Hall–Kier alpha value is -2.21. The van der Waals surface area contributed by atoms with Crippen LogP contribution >= 0.6 is 0 Å². The number of aromatic nitrogens is 2. The lowest BCUT2D eigenvalue weighted by Crippen LogP contribution is -2.10. The van der Waals surface area contributed by atoms with E-state index in [1.165, 1.54) is 29.2 Å². The summed E-state index contributed by atoms with van der Waals surface area (Å²) in [5.74, 6) is -0.871. The summed E-state index contributed by atoms with van der Waals surface area (Å²) >= 11 is 0. The number of nitrogens with zero attached hydrogens (tertiary/aromatic N) is 2. The molecule has 1 aromatic carbocycles. The third-order valence-electron chi connectivity index (χ3n) is 2.64. The lowest BCUT2D eigenvalue weighted by molar-refractivity contribution is 0.1000. The molecule has 0 saturated heterocycles. The van der Waals surface area contributed by atoms with Gasteiger partial charge in [0.25, 0.3) is 5.91 Å². The predicted octanol–water partition coefficient (Wildman–Crippen LogP) is 0.628. The summed E-state index contributed by atoms with van der Waals surface area (Å²) < 4.78 is 14.7. The highest BCUT2D eigenvalue weighted by molar-refractivity contribution is 5.92. The Bertz CT molecular complexity index is 579. The molecule has 2 aromatic rings. The van der Waals surface area contributed by atoms with Gasteiger partial charge in [-0.1, -0.05) is 6.07 Å². The first-order valence-electron chi connectivity index (χ1n) is 5.40. The van der Waals surface area contributed by atoms with Crippen molar-refractivity contribution in [1.82, 2.24) is 9.78 Å². The van der Waals surface area contributed by atoms with Crippen LogP contribution in [0.15, 0.2) is 30.6 Å². The van der Waals surface area contributed by atoms with E-state index in [0.29, 0.717) is 18.7 Å². The third-order valence-corrected chi connectivity index (χ3v) is 2.64. The minimum atomic E-state index is -0.542. The summed E-state index contributed by atoms with van der Waals surface area (Å²) in [5.41, 5.74) is 12.6. The van der Waals surface area contributed by atoms with Crippen molar-refractivity contribution in [2.75, 3.05) is 0 Å². The van der Waals surface area contributed by atoms with Gasteiger partial charge in [-0.05, 0) is 23.3 Å². The van der Waals surface area contributed by atoms with Crippen molar-refractivity contribution in [1.29, 1.82) is 0 Å². The van der Waals surface area contributed by atoms with E-state index in [4.69, 9.17) is 11.5 Å². The second-order valence-electron chi connectivity index (χ2n) is 3.91. The molecular weight excluding hydrogens is 235 g/mol. The van der Waals surface area contributed by atoms with Crippen LogP contribution in [0.25, 0.3) is 0 Å². The topological polar surface area (TPSA) is 86.9 Å². The van der Waals surface area contributed by atoms with Gasteiger partial charge in [-0.3, -0.25) is 9.48 Å². The molecule has 5 nitrogen and oxygen atoms in total. The molecule has 0 spiro atoms. The van der Waals surface area contributed by atoms with Gasteiger partial charge in [-0.15, -0.1) is 0 Å². The summed E-state index contributed by atoms with van der Waals surface area (Å²) in [6, 6.07) is 4.42. The van der Waals surface area contributed by atoms with Crippen molar-refractivity contribution in [2.24, 2.45) is 11.5 Å². The van der Waals surface area contributed by atoms with Crippen LogP contribution in [0.1, 0.15) is 21.5 Å². The molecule has 0 aliphatic rings. The Balaban J connectivity index is 2.27.